The van der Waals surface area contributed by atoms with Crippen molar-refractivity contribution in [2.24, 2.45) is 0 Å². The highest BCUT2D eigenvalue weighted by Crippen LogP contribution is 2.32. The predicted molar refractivity (Wildman–Crippen MR) is 184 cm³/mol. The second-order valence-electron chi connectivity index (χ2n) is 11.4. The van der Waals surface area contributed by atoms with Crippen LogP contribution in [0.2, 0.25) is 0 Å². The standard InChI is InChI=1S/C37H43N3O6S/c1-6-28(3)38-37(42)33(23-29-13-9-7-10-14-29)39(25-30-19-17-27(2)18-20-30)36(41)26-40(31-15-11-8-12-16-31)47(43,44)32-21-22-34(45-4)35(24-32)46-5/h7-22,24,28,33H,6,23,25-26H2,1-5H3,(H,38,42). The molecule has 0 aliphatic rings. The van der Waals surface area contributed by atoms with Gasteiger partial charge in [0.15, 0.2) is 11.5 Å². The van der Waals surface area contributed by atoms with Crippen LogP contribution < -0.4 is 19.1 Å². The Bertz CT molecular complexity index is 1730. The van der Waals surface area contributed by atoms with E-state index in [1.807, 2.05) is 75.4 Å². The van der Waals surface area contributed by atoms with Crippen LogP contribution in [0.1, 0.15) is 37.0 Å². The lowest BCUT2D eigenvalue weighted by Crippen LogP contribution is -2.54. The number of aryl methyl sites for hydroxylation is 1. The number of carbonyl (C=O) groups is 2. The highest BCUT2D eigenvalue weighted by molar-refractivity contribution is 7.92. The second-order valence-corrected chi connectivity index (χ2v) is 13.3. The Balaban J connectivity index is 1.81. The summed E-state index contributed by atoms with van der Waals surface area (Å²) in [6.07, 6.45) is 0.954. The molecule has 248 valence electrons. The van der Waals surface area contributed by atoms with Gasteiger partial charge in [0.05, 0.1) is 24.8 Å². The van der Waals surface area contributed by atoms with Crippen molar-refractivity contribution in [2.75, 3.05) is 25.1 Å². The Morgan fingerprint density at radius 1 is 0.809 bits per heavy atom. The van der Waals surface area contributed by atoms with Crippen molar-refractivity contribution in [3.05, 3.63) is 120 Å². The Kier molecular flexibility index (Phi) is 12.0. The van der Waals surface area contributed by atoms with Crippen LogP contribution >= 0.6 is 0 Å². The molecule has 0 spiro atoms. The smallest absolute Gasteiger partial charge is 0.264 e. The van der Waals surface area contributed by atoms with Crippen LogP contribution in [0.25, 0.3) is 0 Å². The van der Waals surface area contributed by atoms with Crippen LogP contribution in [0, 0.1) is 6.92 Å². The number of nitrogens with one attached hydrogen (secondary N) is 1. The highest BCUT2D eigenvalue weighted by Gasteiger charge is 2.35. The van der Waals surface area contributed by atoms with Gasteiger partial charge in [-0.05, 0) is 55.7 Å². The lowest BCUT2D eigenvalue weighted by atomic mass is 10.0. The van der Waals surface area contributed by atoms with E-state index < -0.39 is 28.5 Å². The Morgan fingerprint density at radius 3 is 2.02 bits per heavy atom. The lowest BCUT2D eigenvalue weighted by Gasteiger charge is -2.34. The van der Waals surface area contributed by atoms with Gasteiger partial charge in [-0.1, -0.05) is 85.3 Å². The van der Waals surface area contributed by atoms with Gasteiger partial charge in [0.2, 0.25) is 11.8 Å². The number of hydrogen-bond acceptors (Lipinski definition) is 6. The molecule has 0 saturated heterocycles. The van der Waals surface area contributed by atoms with Gasteiger partial charge in [-0.2, -0.15) is 0 Å². The van der Waals surface area contributed by atoms with Gasteiger partial charge in [-0.15, -0.1) is 0 Å². The average Bonchev–Trinajstić information content (AvgIpc) is 3.09. The molecule has 2 amide bonds. The van der Waals surface area contributed by atoms with Crippen LogP contribution in [-0.4, -0.2) is 58.0 Å². The fourth-order valence-corrected chi connectivity index (χ4v) is 6.54. The van der Waals surface area contributed by atoms with Crippen molar-refractivity contribution in [1.82, 2.24) is 10.2 Å². The van der Waals surface area contributed by atoms with E-state index in [9.17, 15) is 18.0 Å². The van der Waals surface area contributed by atoms with Crippen LogP contribution in [0.3, 0.4) is 0 Å². The minimum Gasteiger partial charge on any atom is -0.493 e. The van der Waals surface area contributed by atoms with E-state index >= 15 is 0 Å². The SMILES string of the molecule is CCC(C)NC(=O)C(Cc1ccccc1)N(Cc1ccc(C)cc1)C(=O)CN(c1ccccc1)S(=O)(=O)c1ccc(OC)c(OC)c1. The summed E-state index contributed by atoms with van der Waals surface area (Å²) in [5.74, 6) is -0.232. The topological polar surface area (TPSA) is 105 Å². The van der Waals surface area contributed by atoms with Crippen molar-refractivity contribution in [3.8, 4) is 11.5 Å². The van der Waals surface area contributed by atoms with E-state index in [1.165, 1.54) is 37.3 Å². The molecule has 0 aromatic heterocycles. The summed E-state index contributed by atoms with van der Waals surface area (Å²) >= 11 is 0. The van der Waals surface area contributed by atoms with Gasteiger partial charge >= 0.3 is 0 Å². The van der Waals surface area contributed by atoms with E-state index in [0.717, 1.165) is 21.0 Å². The molecule has 0 fully saturated rings. The first-order chi connectivity index (χ1) is 22.6. The number of ether oxygens (including phenoxy) is 2. The van der Waals surface area contributed by atoms with E-state index in [1.54, 1.807) is 30.3 Å². The number of benzene rings is 4. The summed E-state index contributed by atoms with van der Waals surface area (Å²) in [6, 6.07) is 28.9. The zero-order valence-electron chi connectivity index (χ0n) is 27.6. The maximum atomic E-state index is 14.6. The van der Waals surface area contributed by atoms with Crippen LogP contribution in [0.4, 0.5) is 5.69 Å². The summed E-state index contributed by atoms with van der Waals surface area (Å²) in [7, 11) is -1.41. The minimum atomic E-state index is -4.30. The number of amides is 2. The first-order valence-corrected chi connectivity index (χ1v) is 17.0. The van der Waals surface area contributed by atoms with Crippen molar-refractivity contribution in [3.63, 3.8) is 0 Å². The lowest BCUT2D eigenvalue weighted by molar-refractivity contribution is -0.140. The third kappa shape index (κ3) is 8.92. The summed E-state index contributed by atoms with van der Waals surface area (Å²) in [4.78, 5) is 30.0. The largest absolute Gasteiger partial charge is 0.493 e. The fourth-order valence-electron chi connectivity index (χ4n) is 5.11. The molecule has 0 radical (unpaired) electrons. The molecule has 2 atom stereocenters. The summed E-state index contributed by atoms with van der Waals surface area (Å²) in [5, 5.41) is 3.05. The molecule has 0 bridgehead atoms. The number of methoxy groups -OCH3 is 2. The number of para-hydroxylation sites is 1. The molecule has 4 rings (SSSR count). The molecule has 0 saturated carbocycles. The van der Waals surface area contributed by atoms with Gasteiger partial charge in [-0.3, -0.25) is 13.9 Å². The minimum absolute atomic E-state index is 0.0766. The molecule has 0 heterocycles. The Morgan fingerprint density at radius 2 is 1.43 bits per heavy atom. The molecule has 47 heavy (non-hydrogen) atoms. The van der Waals surface area contributed by atoms with Crippen LogP contribution in [0.5, 0.6) is 11.5 Å². The fraction of sp³-hybridized carbons (Fsp3) is 0.297. The molecule has 4 aromatic rings. The number of sulfonamides is 1. The van der Waals surface area contributed by atoms with E-state index in [4.69, 9.17) is 9.47 Å². The molecule has 9 nitrogen and oxygen atoms in total. The maximum absolute atomic E-state index is 14.6. The summed E-state index contributed by atoms with van der Waals surface area (Å²) in [6.45, 7) is 5.42. The number of anilines is 1. The Labute approximate surface area is 278 Å². The molecule has 4 aromatic carbocycles. The van der Waals surface area contributed by atoms with E-state index in [-0.39, 0.29) is 35.6 Å². The third-order valence-electron chi connectivity index (χ3n) is 8.01. The van der Waals surface area contributed by atoms with Gasteiger partial charge in [-0.25, -0.2) is 8.42 Å². The molecular formula is C37H43N3O6S. The zero-order valence-corrected chi connectivity index (χ0v) is 28.4. The molecule has 10 heteroatoms. The molecule has 0 aliphatic heterocycles. The third-order valence-corrected chi connectivity index (χ3v) is 9.78. The summed E-state index contributed by atoms with van der Waals surface area (Å²) in [5.41, 5.74) is 3.04. The maximum Gasteiger partial charge on any atom is 0.264 e. The van der Waals surface area contributed by atoms with Crippen molar-refractivity contribution in [1.29, 1.82) is 0 Å². The first kappa shape index (κ1) is 35.0. The molecule has 1 N–H and O–H groups in total. The normalized spacial score (nSPS) is 12.4. The van der Waals surface area contributed by atoms with Crippen LogP contribution in [-0.2, 0) is 32.6 Å². The van der Waals surface area contributed by atoms with Crippen LogP contribution in [0.15, 0.2) is 108 Å². The van der Waals surface area contributed by atoms with Crippen molar-refractivity contribution >= 4 is 27.5 Å². The number of rotatable bonds is 15. The molecule has 2 unspecified atom stereocenters. The van der Waals surface area contributed by atoms with Gasteiger partial charge in [0.25, 0.3) is 10.0 Å². The first-order valence-electron chi connectivity index (χ1n) is 15.6. The number of carbonyl (C=O) groups excluding carboxylic acids is 2. The second kappa shape index (κ2) is 16.1. The zero-order chi connectivity index (χ0) is 34.0. The van der Waals surface area contributed by atoms with Gasteiger partial charge in [0.1, 0.15) is 12.6 Å². The molecular weight excluding hydrogens is 614 g/mol. The molecule has 0 aliphatic carbocycles. The highest BCUT2D eigenvalue weighted by atomic mass is 32.2. The van der Waals surface area contributed by atoms with Gasteiger partial charge < -0.3 is 19.7 Å². The predicted octanol–water partition coefficient (Wildman–Crippen LogP) is 5.76. The Hall–Kier alpha value is -4.83. The van der Waals surface area contributed by atoms with Crippen molar-refractivity contribution < 1.29 is 27.5 Å². The number of nitrogens with zero attached hydrogens (tertiary/aromatic N) is 2. The summed E-state index contributed by atoms with van der Waals surface area (Å²) < 4.78 is 40.4. The van der Waals surface area contributed by atoms with Gasteiger partial charge in [0, 0.05) is 25.1 Å². The quantitative estimate of drug-likeness (QED) is 0.174. The van der Waals surface area contributed by atoms with Crippen molar-refractivity contribution in [2.45, 2.75) is 57.1 Å². The van der Waals surface area contributed by atoms with E-state index in [2.05, 4.69) is 5.32 Å². The number of hydrogen-bond donors (Lipinski definition) is 1. The van der Waals surface area contributed by atoms with E-state index in [0.29, 0.717) is 17.9 Å². The monoisotopic (exact) mass is 657 g/mol. The average molecular weight is 658 g/mol.